The number of rotatable bonds is 2. The van der Waals surface area contributed by atoms with Crippen LogP contribution in [0.25, 0.3) is 0 Å². The van der Waals surface area contributed by atoms with Crippen LogP contribution in [0.4, 0.5) is 0 Å². The average molecular weight is 200 g/mol. The topological polar surface area (TPSA) is 33.7 Å². The molecule has 2 saturated heterocycles. The lowest BCUT2D eigenvalue weighted by molar-refractivity contribution is -0.00599. The zero-order valence-electron chi connectivity index (χ0n) is 8.71. The van der Waals surface area contributed by atoms with Crippen molar-refractivity contribution in [2.24, 2.45) is 0 Å². The van der Waals surface area contributed by atoms with Crippen molar-refractivity contribution in [3.8, 4) is 0 Å². The molecule has 0 amide bonds. The van der Waals surface area contributed by atoms with Crippen molar-refractivity contribution in [3.63, 3.8) is 0 Å². The molecule has 0 aromatic rings. The Morgan fingerprint density at radius 1 is 1.21 bits per heavy atom. The lowest BCUT2D eigenvalue weighted by Crippen LogP contribution is -2.44. The molecule has 2 rings (SSSR count). The highest BCUT2D eigenvalue weighted by Gasteiger charge is 2.18. The van der Waals surface area contributed by atoms with Crippen LogP contribution in [-0.4, -0.2) is 63.5 Å². The predicted molar refractivity (Wildman–Crippen MR) is 54.5 cm³/mol. The van der Waals surface area contributed by atoms with Gasteiger partial charge in [0.1, 0.15) is 0 Å². The third-order valence-corrected chi connectivity index (χ3v) is 2.79. The number of ether oxygens (including phenoxy) is 2. The van der Waals surface area contributed by atoms with E-state index in [-0.39, 0.29) is 0 Å². The lowest BCUT2D eigenvalue weighted by Gasteiger charge is -2.29. The molecular formula is C10H20N2O2. The summed E-state index contributed by atoms with van der Waals surface area (Å²) in [6, 6.07) is 0. The van der Waals surface area contributed by atoms with E-state index in [4.69, 9.17) is 9.47 Å². The molecule has 4 heteroatoms. The van der Waals surface area contributed by atoms with Gasteiger partial charge in [-0.25, -0.2) is 0 Å². The molecule has 0 aromatic carbocycles. The Kier molecular flexibility index (Phi) is 4.19. The fourth-order valence-corrected chi connectivity index (χ4v) is 1.96. The van der Waals surface area contributed by atoms with Gasteiger partial charge >= 0.3 is 0 Å². The molecule has 14 heavy (non-hydrogen) atoms. The standard InChI is InChI=1S/C10H20N2O2/c1-2-11-8-10(14-5-1)9-12-3-6-13-7-4-12/h10-11H,1-9H2/t10-/m0/s1. The van der Waals surface area contributed by atoms with E-state index in [1.54, 1.807) is 0 Å². The lowest BCUT2D eigenvalue weighted by atomic mass is 10.3. The quantitative estimate of drug-likeness (QED) is 0.663. The van der Waals surface area contributed by atoms with Crippen LogP contribution in [0.15, 0.2) is 0 Å². The summed E-state index contributed by atoms with van der Waals surface area (Å²) in [5.41, 5.74) is 0. The fourth-order valence-electron chi connectivity index (χ4n) is 1.96. The van der Waals surface area contributed by atoms with Crippen LogP contribution in [0.2, 0.25) is 0 Å². The van der Waals surface area contributed by atoms with E-state index in [9.17, 15) is 0 Å². The van der Waals surface area contributed by atoms with Gasteiger partial charge < -0.3 is 14.8 Å². The maximum Gasteiger partial charge on any atom is 0.0826 e. The third-order valence-electron chi connectivity index (χ3n) is 2.79. The Morgan fingerprint density at radius 3 is 2.93 bits per heavy atom. The van der Waals surface area contributed by atoms with Gasteiger partial charge in [0, 0.05) is 32.8 Å². The van der Waals surface area contributed by atoms with Gasteiger partial charge in [0.15, 0.2) is 0 Å². The van der Waals surface area contributed by atoms with Gasteiger partial charge in [-0.1, -0.05) is 0 Å². The molecule has 1 N–H and O–H groups in total. The van der Waals surface area contributed by atoms with Crippen molar-refractivity contribution in [3.05, 3.63) is 0 Å². The van der Waals surface area contributed by atoms with Gasteiger partial charge in [0.25, 0.3) is 0 Å². The summed E-state index contributed by atoms with van der Waals surface area (Å²) in [4.78, 5) is 2.43. The Bertz CT molecular complexity index is 152. The minimum atomic E-state index is 0.371. The van der Waals surface area contributed by atoms with Crippen LogP contribution in [-0.2, 0) is 9.47 Å². The number of nitrogens with zero attached hydrogens (tertiary/aromatic N) is 1. The molecule has 2 aliphatic heterocycles. The van der Waals surface area contributed by atoms with Crippen molar-refractivity contribution in [1.82, 2.24) is 10.2 Å². The van der Waals surface area contributed by atoms with Crippen molar-refractivity contribution >= 4 is 0 Å². The molecule has 4 nitrogen and oxygen atoms in total. The summed E-state index contributed by atoms with van der Waals surface area (Å²) in [7, 11) is 0. The van der Waals surface area contributed by atoms with Crippen LogP contribution in [0.3, 0.4) is 0 Å². The minimum Gasteiger partial charge on any atom is -0.379 e. The fraction of sp³-hybridized carbons (Fsp3) is 1.00. The van der Waals surface area contributed by atoms with Crippen molar-refractivity contribution in [1.29, 1.82) is 0 Å². The molecule has 0 bridgehead atoms. The molecule has 0 unspecified atom stereocenters. The van der Waals surface area contributed by atoms with Crippen molar-refractivity contribution in [2.75, 3.05) is 52.5 Å². The van der Waals surface area contributed by atoms with E-state index in [0.29, 0.717) is 6.10 Å². The van der Waals surface area contributed by atoms with E-state index in [0.717, 1.165) is 59.0 Å². The Hall–Kier alpha value is -0.160. The first-order chi connectivity index (χ1) is 6.95. The highest BCUT2D eigenvalue weighted by Crippen LogP contribution is 2.03. The molecule has 2 aliphatic rings. The first-order valence-electron chi connectivity index (χ1n) is 5.57. The SMILES string of the molecule is C1CNC[C@@H](CN2CCOCC2)OC1. The number of morpholine rings is 1. The molecule has 1 atom stereocenters. The minimum absolute atomic E-state index is 0.371. The van der Waals surface area contributed by atoms with E-state index in [2.05, 4.69) is 10.2 Å². The first kappa shape index (κ1) is 10.4. The van der Waals surface area contributed by atoms with Crippen LogP contribution >= 0.6 is 0 Å². The van der Waals surface area contributed by atoms with Crippen molar-refractivity contribution < 1.29 is 9.47 Å². The number of hydrogen-bond donors (Lipinski definition) is 1. The largest absolute Gasteiger partial charge is 0.379 e. The highest BCUT2D eigenvalue weighted by atomic mass is 16.5. The molecule has 0 radical (unpaired) electrons. The van der Waals surface area contributed by atoms with Gasteiger partial charge in [0.2, 0.25) is 0 Å². The second-order valence-corrected chi connectivity index (χ2v) is 3.96. The summed E-state index contributed by atoms with van der Waals surface area (Å²) in [6.45, 7) is 7.91. The van der Waals surface area contributed by atoms with Gasteiger partial charge in [-0.3, -0.25) is 4.90 Å². The molecule has 0 saturated carbocycles. The Labute approximate surface area is 85.5 Å². The third kappa shape index (κ3) is 3.20. The number of nitrogens with one attached hydrogen (secondary N) is 1. The van der Waals surface area contributed by atoms with Gasteiger partial charge in [0.05, 0.1) is 19.3 Å². The summed E-state index contributed by atoms with van der Waals surface area (Å²) in [5, 5.41) is 3.40. The summed E-state index contributed by atoms with van der Waals surface area (Å²) in [5.74, 6) is 0. The second-order valence-electron chi connectivity index (χ2n) is 3.96. The van der Waals surface area contributed by atoms with Gasteiger partial charge in [-0.2, -0.15) is 0 Å². The van der Waals surface area contributed by atoms with E-state index >= 15 is 0 Å². The second kappa shape index (κ2) is 5.66. The average Bonchev–Trinajstić information content (AvgIpc) is 2.48. The van der Waals surface area contributed by atoms with E-state index in [1.807, 2.05) is 0 Å². The van der Waals surface area contributed by atoms with Crippen LogP contribution < -0.4 is 5.32 Å². The molecule has 0 spiro atoms. The molecule has 2 heterocycles. The van der Waals surface area contributed by atoms with Crippen molar-refractivity contribution in [2.45, 2.75) is 12.5 Å². The van der Waals surface area contributed by atoms with E-state index < -0.39 is 0 Å². The highest BCUT2D eigenvalue weighted by molar-refractivity contribution is 4.72. The summed E-state index contributed by atoms with van der Waals surface area (Å²) < 4.78 is 11.1. The van der Waals surface area contributed by atoms with Crippen LogP contribution in [0.5, 0.6) is 0 Å². The van der Waals surface area contributed by atoms with Gasteiger partial charge in [-0.15, -0.1) is 0 Å². The zero-order chi connectivity index (χ0) is 9.64. The molecule has 82 valence electrons. The predicted octanol–water partition coefficient (Wildman–Crippen LogP) is -0.303. The normalized spacial score (nSPS) is 31.3. The Balaban J connectivity index is 1.71. The molecule has 0 aliphatic carbocycles. The monoisotopic (exact) mass is 200 g/mol. The maximum absolute atomic E-state index is 5.76. The summed E-state index contributed by atoms with van der Waals surface area (Å²) in [6.07, 6.45) is 1.51. The Morgan fingerprint density at radius 2 is 2.07 bits per heavy atom. The number of hydrogen-bond acceptors (Lipinski definition) is 4. The molecule has 2 fully saturated rings. The molecule has 0 aromatic heterocycles. The smallest absolute Gasteiger partial charge is 0.0826 e. The van der Waals surface area contributed by atoms with E-state index in [1.165, 1.54) is 0 Å². The zero-order valence-corrected chi connectivity index (χ0v) is 8.71. The maximum atomic E-state index is 5.76. The molecular weight excluding hydrogens is 180 g/mol. The van der Waals surface area contributed by atoms with Crippen LogP contribution in [0, 0.1) is 0 Å². The van der Waals surface area contributed by atoms with Crippen LogP contribution in [0.1, 0.15) is 6.42 Å². The van der Waals surface area contributed by atoms with Gasteiger partial charge in [-0.05, 0) is 13.0 Å². The summed E-state index contributed by atoms with van der Waals surface area (Å²) >= 11 is 0. The first-order valence-corrected chi connectivity index (χ1v) is 5.57.